The Morgan fingerprint density at radius 1 is 1.09 bits per heavy atom. The summed E-state index contributed by atoms with van der Waals surface area (Å²) >= 11 is 0. The number of hydrogen-bond donors (Lipinski definition) is 3. The number of likely N-dealkylation sites (N-methyl/N-ethyl adjacent to an activating group) is 1. The first-order valence-electron chi connectivity index (χ1n) is 10.6. The predicted octanol–water partition coefficient (Wildman–Crippen LogP) is -0.964. The second-order valence-corrected chi connectivity index (χ2v) is 9.12. The number of benzene rings is 1. The lowest BCUT2D eigenvalue weighted by atomic mass is 10.0. The zero-order valence-corrected chi connectivity index (χ0v) is 19.3. The molecule has 6 amide bonds. The zero-order valence-electron chi connectivity index (χ0n) is 18.5. The van der Waals surface area contributed by atoms with Gasteiger partial charge < -0.3 is 15.5 Å². The molecule has 13 nitrogen and oxygen atoms in total. The summed E-state index contributed by atoms with van der Waals surface area (Å²) in [6, 6.07) is 3.85. The average molecular weight is 496 g/mol. The number of urea groups is 1. The third-order valence-corrected chi connectivity index (χ3v) is 6.59. The summed E-state index contributed by atoms with van der Waals surface area (Å²) in [5, 5.41) is 4.79. The molecule has 0 bridgehead atoms. The summed E-state index contributed by atoms with van der Waals surface area (Å²) in [7, 11) is -4.73. The van der Waals surface area contributed by atoms with E-state index in [2.05, 4.69) is 10.6 Å². The fourth-order valence-electron chi connectivity index (χ4n) is 3.77. The Bertz CT molecular complexity index is 1110. The number of hydrogen-bond acceptors (Lipinski definition) is 7. The number of rotatable bonds is 7. The molecule has 34 heavy (non-hydrogen) atoms. The van der Waals surface area contributed by atoms with Crippen LogP contribution in [0.4, 0.5) is 4.79 Å². The summed E-state index contributed by atoms with van der Waals surface area (Å²) in [6.45, 7) is 3.47. The molecule has 1 unspecified atom stereocenters. The highest BCUT2D eigenvalue weighted by Gasteiger charge is 2.46. The Labute approximate surface area is 195 Å². The van der Waals surface area contributed by atoms with Crippen molar-refractivity contribution >= 4 is 40.0 Å². The smallest absolute Gasteiger partial charge is 0.341 e. The monoisotopic (exact) mass is 495 g/mol. The molecule has 1 aromatic rings. The minimum absolute atomic E-state index is 0.162. The number of piperazine rings is 1. The van der Waals surface area contributed by atoms with E-state index in [9.17, 15) is 32.4 Å². The van der Waals surface area contributed by atoms with Crippen LogP contribution in [0.5, 0.6) is 0 Å². The molecular weight excluding hydrogens is 470 g/mol. The topological polar surface area (TPSA) is 173 Å². The van der Waals surface area contributed by atoms with Crippen molar-refractivity contribution in [1.29, 1.82) is 0 Å². The van der Waals surface area contributed by atoms with Gasteiger partial charge in [-0.3, -0.25) is 28.6 Å². The van der Waals surface area contributed by atoms with E-state index in [0.717, 1.165) is 4.90 Å². The van der Waals surface area contributed by atoms with Crippen LogP contribution in [0.15, 0.2) is 30.3 Å². The first-order valence-corrected chi connectivity index (χ1v) is 12.0. The van der Waals surface area contributed by atoms with Gasteiger partial charge in [0.2, 0.25) is 5.91 Å². The van der Waals surface area contributed by atoms with Crippen molar-refractivity contribution in [3.8, 4) is 0 Å². The van der Waals surface area contributed by atoms with E-state index < -0.39 is 64.6 Å². The van der Waals surface area contributed by atoms with Crippen LogP contribution in [-0.2, 0) is 29.5 Å². The molecule has 2 aliphatic rings. The number of nitrogens with zero attached hydrogens (tertiary/aromatic N) is 3. The average Bonchev–Trinajstić information content (AvgIpc) is 2.80. The molecular formula is C20H25N5O8S. The van der Waals surface area contributed by atoms with E-state index >= 15 is 0 Å². The number of amides is 6. The predicted molar refractivity (Wildman–Crippen MR) is 116 cm³/mol. The molecule has 3 atom stereocenters. The van der Waals surface area contributed by atoms with E-state index in [1.165, 1.54) is 17.0 Å². The molecule has 0 spiro atoms. The number of carbonyl (C=O) groups is 5. The van der Waals surface area contributed by atoms with Crippen LogP contribution in [0.2, 0.25) is 0 Å². The van der Waals surface area contributed by atoms with Crippen LogP contribution in [0.3, 0.4) is 0 Å². The Hall–Kier alpha value is -3.52. The minimum atomic E-state index is -4.73. The van der Waals surface area contributed by atoms with E-state index in [1.807, 2.05) is 0 Å². The SMILES string of the molecule is CC[C@@H]1CN(CC)C(=O)C(=O)N1C(=O)N[C@@H](C(=O)NC1CN(S(=O)(=O)O)C1=O)c1ccccc1. The highest BCUT2D eigenvalue weighted by Crippen LogP contribution is 2.20. The molecule has 3 N–H and O–H groups in total. The quantitative estimate of drug-likeness (QED) is 0.246. The lowest BCUT2D eigenvalue weighted by Gasteiger charge is -2.39. The molecule has 0 radical (unpaired) electrons. The molecule has 2 aliphatic heterocycles. The third kappa shape index (κ3) is 4.87. The van der Waals surface area contributed by atoms with Crippen molar-refractivity contribution in [2.24, 2.45) is 0 Å². The number of nitrogens with one attached hydrogen (secondary N) is 2. The Kier molecular flexibility index (Phi) is 7.21. The van der Waals surface area contributed by atoms with Gasteiger partial charge in [-0.1, -0.05) is 37.3 Å². The van der Waals surface area contributed by atoms with Gasteiger partial charge in [0, 0.05) is 13.1 Å². The molecule has 2 fully saturated rings. The van der Waals surface area contributed by atoms with Gasteiger partial charge in [-0.2, -0.15) is 8.42 Å². The maximum absolute atomic E-state index is 13.1. The fraction of sp³-hybridized carbons (Fsp3) is 0.450. The molecule has 14 heteroatoms. The zero-order chi connectivity index (χ0) is 25.2. The molecule has 184 valence electrons. The largest absolute Gasteiger partial charge is 0.362 e. The van der Waals surface area contributed by atoms with E-state index in [1.54, 1.807) is 32.0 Å². The summed E-state index contributed by atoms with van der Waals surface area (Å²) in [6.07, 6.45) is 0.382. The van der Waals surface area contributed by atoms with Gasteiger partial charge in [0.1, 0.15) is 12.1 Å². The van der Waals surface area contributed by atoms with Crippen LogP contribution in [0.25, 0.3) is 0 Å². The Balaban J connectivity index is 1.80. The molecule has 2 heterocycles. The van der Waals surface area contributed by atoms with Crippen molar-refractivity contribution in [2.75, 3.05) is 19.6 Å². The first kappa shape index (κ1) is 25.1. The second-order valence-electron chi connectivity index (χ2n) is 7.78. The lowest BCUT2D eigenvalue weighted by molar-refractivity contribution is -0.156. The maximum atomic E-state index is 13.1. The molecule has 3 rings (SSSR count). The standard InChI is InChI=1S/C20H25N5O8S/c1-3-13-10-23(4-2)18(28)19(29)25(13)20(30)22-15(12-8-6-5-7-9-12)16(26)21-14-11-24(17(14)27)34(31,32)33/h5-9,13-15H,3-4,10-11H2,1-2H3,(H,21,26)(H,22,30)(H,31,32,33)/t13-,14?,15-/m1/s1. The van der Waals surface area contributed by atoms with Crippen molar-refractivity contribution in [3.63, 3.8) is 0 Å². The van der Waals surface area contributed by atoms with E-state index in [-0.39, 0.29) is 10.8 Å². The first-order chi connectivity index (χ1) is 16.0. The Morgan fingerprint density at radius 3 is 2.26 bits per heavy atom. The highest BCUT2D eigenvalue weighted by atomic mass is 32.2. The number of β-lactam (4-membered cyclic amide) rings is 1. The molecule has 0 aromatic heterocycles. The van der Waals surface area contributed by atoms with Crippen molar-refractivity contribution in [3.05, 3.63) is 35.9 Å². The number of imide groups is 1. The summed E-state index contributed by atoms with van der Waals surface area (Å²) in [5.41, 5.74) is 0.325. The van der Waals surface area contributed by atoms with Gasteiger partial charge in [-0.05, 0) is 18.9 Å². The van der Waals surface area contributed by atoms with E-state index in [4.69, 9.17) is 4.55 Å². The number of carbonyl (C=O) groups excluding carboxylic acids is 5. The maximum Gasteiger partial charge on any atom is 0.362 e. The molecule has 0 aliphatic carbocycles. The van der Waals surface area contributed by atoms with Crippen LogP contribution >= 0.6 is 0 Å². The van der Waals surface area contributed by atoms with Gasteiger partial charge in [0.25, 0.3) is 5.91 Å². The van der Waals surface area contributed by atoms with Crippen LogP contribution in [0.1, 0.15) is 31.9 Å². The van der Waals surface area contributed by atoms with Gasteiger partial charge in [0.05, 0.1) is 12.6 Å². The lowest BCUT2D eigenvalue weighted by Crippen LogP contribution is -2.66. The molecule has 2 saturated heterocycles. The minimum Gasteiger partial charge on any atom is -0.341 e. The van der Waals surface area contributed by atoms with Gasteiger partial charge in [-0.25, -0.2) is 9.10 Å². The fourth-order valence-corrected chi connectivity index (χ4v) is 4.46. The van der Waals surface area contributed by atoms with Crippen LogP contribution < -0.4 is 10.6 Å². The summed E-state index contributed by atoms with van der Waals surface area (Å²) < 4.78 is 31.4. The molecule has 1 aromatic carbocycles. The second kappa shape index (κ2) is 9.77. The van der Waals surface area contributed by atoms with Gasteiger partial charge in [0.15, 0.2) is 0 Å². The summed E-state index contributed by atoms with van der Waals surface area (Å²) in [4.78, 5) is 65.1. The third-order valence-electron chi connectivity index (χ3n) is 5.71. The van der Waals surface area contributed by atoms with Crippen LogP contribution in [0, 0.1) is 0 Å². The summed E-state index contributed by atoms with van der Waals surface area (Å²) in [5.74, 6) is -3.71. The van der Waals surface area contributed by atoms with Crippen molar-refractivity contribution in [2.45, 2.75) is 38.4 Å². The van der Waals surface area contributed by atoms with Crippen LogP contribution in [-0.4, -0.2) is 88.5 Å². The van der Waals surface area contributed by atoms with Crippen molar-refractivity contribution < 1.29 is 36.9 Å². The van der Waals surface area contributed by atoms with Gasteiger partial charge >= 0.3 is 28.1 Å². The normalized spacial score (nSPS) is 21.7. The van der Waals surface area contributed by atoms with E-state index in [0.29, 0.717) is 18.5 Å². The molecule has 0 saturated carbocycles. The van der Waals surface area contributed by atoms with Gasteiger partial charge in [-0.15, -0.1) is 0 Å². The Morgan fingerprint density at radius 2 is 1.74 bits per heavy atom. The van der Waals surface area contributed by atoms with Crippen molar-refractivity contribution in [1.82, 2.24) is 24.7 Å². The highest BCUT2D eigenvalue weighted by molar-refractivity contribution is 7.84.